The van der Waals surface area contributed by atoms with E-state index in [0.717, 1.165) is 0 Å². The molecule has 6 N–H and O–H groups in total. The summed E-state index contributed by atoms with van der Waals surface area (Å²) in [4.78, 5) is 0. The lowest BCUT2D eigenvalue weighted by Crippen LogP contribution is -2.45. The summed E-state index contributed by atoms with van der Waals surface area (Å²) >= 11 is 0. The maximum Gasteiger partial charge on any atom is 0.458 e. The van der Waals surface area contributed by atoms with E-state index in [9.17, 15) is 71.7 Å². The number of anilines is 2. The molecule has 0 saturated heterocycles. The van der Waals surface area contributed by atoms with E-state index in [4.69, 9.17) is 11.5 Å². The Bertz CT molecular complexity index is 1170. The molecule has 0 radical (unpaired) electrons. The van der Waals surface area contributed by atoms with E-state index in [1.54, 1.807) is 0 Å². The number of hydrogen-bond acceptors (Lipinski definition) is 4. The monoisotopic (exact) mass is 552 g/mol. The average molecular weight is 552 g/mol. The zero-order valence-electron chi connectivity index (χ0n) is 16.7. The van der Waals surface area contributed by atoms with Crippen LogP contribution in [-0.4, -0.2) is 29.0 Å². The molecule has 1 unspecified atom stereocenters. The molecule has 0 fully saturated rings. The van der Waals surface area contributed by atoms with Crippen molar-refractivity contribution in [3.63, 3.8) is 0 Å². The van der Waals surface area contributed by atoms with Gasteiger partial charge in [0.15, 0.2) is 5.75 Å². The number of phenols is 2. The molecule has 0 aliphatic rings. The summed E-state index contributed by atoms with van der Waals surface area (Å²) in [5, 5.41) is 19.3. The van der Waals surface area contributed by atoms with Crippen LogP contribution in [0, 0.1) is 0 Å². The highest BCUT2D eigenvalue weighted by atomic mass is 19.4. The maximum atomic E-state index is 14.9. The Morgan fingerprint density at radius 1 is 0.639 bits per heavy atom. The number of phenolic OH excluding ortho intramolecular Hbond substituents is 2. The Morgan fingerprint density at radius 3 is 1.53 bits per heavy atom. The van der Waals surface area contributed by atoms with Gasteiger partial charge in [-0.25, -0.2) is 13.2 Å². The van der Waals surface area contributed by atoms with Gasteiger partial charge in [0.05, 0.1) is 22.5 Å². The van der Waals surface area contributed by atoms with Gasteiger partial charge < -0.3 is 21.7 Å². The van der Waals surface area contributed by atoms with Crippen molar-refractivity contribution in [2.75, 3.05) is 11.5 Å². The molecule has 0 aliphatic heterocycles. The minimum absolute atomic E-state index is 0.0371. The Morgan fingerprint density at radius 2 is 1.14 bits per heavy atom. The van der Waals surface area contributed by atoms with Gasteiger partial charge >= 0.3 is 24.5 Å². The van der Waals surface area contributed by atoms with Crippen LogP contribution in [0.25, 0.3) is 11.1 Å². The number of halogens is 14. The lowest BCUT2D eigenvalue weighted by atomic mass is 9.83. The normalized spacial score (nSPS) is 15.3. The summed E-state index contributed by atoms with van der Waals surface area (Å²) in [5.41, 5.74) is -10.6. The van der Waals surface area contributed by atoms with Gasteiger partial charge in [-0.2, -0.15) is 48.3 Å². The number of nitrogen functional groups attached to an aromatic ring is 2. The largest absolute Gasteiger partial charge is 0.505 e. The predicted molar refractivity (Wildman–Crippen MR) is 93.8 cm³/mol. The first-order valence-electron chi connectivity index (χ1n) is 8.75. The highest BCUT2D eigenvalue weighted by Gasteiger charge is 2.66. The summed E-state index contributed by atoms with van der Waals surface area (Å²) in [7, 11) is 0. The predicted octanol–water partition coefficient (Wildman–Crippen LogP) is 6.59. The molecule has 0 aliphatic carbocycles. The molecule has 0 heterocycles. The molecule has 18 heteroatoms. The van der Waals surface area contributed by atoms with Gasteiger partial charge in [0.2, 0.25) is 0 Å². The topological polar surface area (TPSA) is 92.5 Å². The summed E-state index contributed by atoms with van der Waals surface area (Å²) in [6.45, 7) is 0. The molecule has 0 spiro atoms. The van der Waals surface area contributed by atoms with Crippen molar-refractivity contribution in [3.8, 4) is 22.6 Å². The Balaban J connectivity index is 3.19. The van der Waals surface area contributed by atoms with E-state index in [0.29, 0.717) is 0 Å². The second-order valence-electron chi connectivity index (χ2n) is 7.15. The van der Waals surface area contributed by atoms with Crippen molar-refractivity contribution in [2.45, 2.75) is 36.5 Å². The number of nitrogens with two attached hydrogens (primary N) is 2. The maximum absolute atomic E-state index is 14.9. The van der Waals surface area contributed by atoms with Gasteiger partial charge in [-0.15, -0.1) is 0 Å². The van der Waals surface area contributed by atoms with E-state index < -0.39 is 99.4 Å². The third-order valence-electron chi connectivity index (χ3n) is 4.87. The number of alkyl halides is 14. The molecular formula is C18H10F14N2O2. The Hall–Kier alpha value is -3.34. The molecule has 36 heavy (non-hydrogen) atoms. The second kappa shape index (κ2) is 8.36. The lowest BCUT2D eigenvalue weighted by molar-refractivity contribution is -0.289. The third kappa shape index (κ3) is 4.36. The van der Waals surface area contributed by atoms with Gasteiger partial charge in [0.25, 0.3) is 12.1 Å². The summed E-state index contributed by atoms with van der Waals surface area (Å²) < 4.78 is 188. The van der Waals surface area contributed by atoms with Crippen molar-refractivity contribution >= 4 is 11.4 Å². The molecule has 0 saturated carbocycles. The highest BCUT2D eigenvalue weighted by Crippen LogP contribution is 2.56. The lowest BCUT2D eigenvalue weighted by Gasteiger charge is -2.31. The molecule has 0 bridgehead atoms. The van der Waals surface area contributed by atoms with Crippen molar-refractivity contribution in [3.05, 3.63) is 34.9 Å². The van der Waals surface area contributed by atoms with Gasteiger partial charge in [-0.05, 0) is 23.8 Å². The van der Waals surface area contributed by atoms with Crippen molar-refractivity contribution in [2.24, 2.45) is 0 Å². The van der Waals surface area contributed by atoms with E-state index in [1.807, 2.05) is 0 Å². The van der Waals surface area contributed by atoms with Crippen LogP contribution in [0.1, 0.15) is 16.7 Å². The fourth-order valence-corrected chi connectivity index (χ4v) is 3.09. The third-order valence-corrected chi connectivity index (χ3v) is 4.87. The summed E-state index contributed by atoms with van der Waals surface area (Å²) in [6.07, 6.45) is -24.3. The van der Waals surface area contributed by atoms with Gasteiger partial charge in [0.1, 0.15) is 5.75 Å². The van der Waals surface area contributed by atoms with Gasteiger partial charge in [0, 0.05) is 11.1 Å². The summed E-state index contributed by atoms with van der Waals surface area (Å²) in [5.74, 6) is -10.2. The van der Waals surface area contributed by atoms with Crippen LogP contribution in [0.2, 0.25) is 0 Å². The number of benzene rings is 2. The second-order valence-corrected chi connectivity index (χ2v) is 7.15. The standard InChI is InChI=1S/C18H10F14N2O2/c19-13(20)14(21,17(27,28)29)5-3-7(16(24,25)26)12(36)10(34)9(5)4-1-6(11(35)8(33)2-4)15(22,23)18(30,31)32/h1-3,13,35-36H,33-34H2. The highest BCUT2D eigenvalue weighted by molar-refractivity contribution is 5.88. The number of aromatic hydroxyl groups is 2. The van der Waals surface area contributed by atoms with Crippen LogP contribution in [0.4, 0.5) is 72.8 Å². The van der Waals surface area contributed by atoms with Crippen molar-refractivity contribution < 1.29 is 71.7 Å². The van der Waals surface area contributed by atoms with Crippen LogP contribution in [0.15, 0.2) is 18.2 Å². The Labute approximate surface area is 189 Å². The van der Waals surface area contributed by atoms with E-state index >= 15 is 0 Å². The number of rotatable bonds is 4. The molecule has 202 valence electrons. The van der Waals surface area contributed by atoms with E-state index in [-0.39, 0.29) is 6.07 Å². The van der Waals surface area contributed by atoms with Crippen molar-refractivity contribution in [1.82, 2.24) is 0 Å². The molecule has 2 rings (SSSR count). The van der Waals surface area contributed by atoms with Gasteiger partial charge in [-0.1, -0.05) is 0 Å². The first kappa shape index (κ1) is 28.9. The summed E-state index contributed by atoms with van der Waals surface area (Å²) in [6, 6.07) is -1.43. The fraction of sp³-hybridized carbons (Fsp3) is 0.333. The molecular weight excluding hydrogens is 542 g/mol. The minimum atomic E-state index is -6.72. The molecule has 2 aromatic rings. The van der Waals surface area contributed by atoms with Crippen LogP contribution in [0.3, 0.4) is 0 Å². The van der Waals surface area contributed by atoms with Crippen LogP contribution in [-0.2, 0) is 17.8 Å². The molecule has 1 atom stereocenters. The van der Waals surface area contributed by atoms with E-state index in [1.165, 1.54) is 0 Å². The van der Waals surface area contributed by atoms with Gasteiger partial charge in [-0.3, -0.25) is 0 Å². The van der Waals surface area contributed by atoms with E-state index in [2.05, 4.69) is 0 Å². The number of hydrogen-bond donors (Lipinski definition) is 4. The molecule has 0 amide bonds. The van der Waals surface area contributed by atoms with Crippen LogP contribution >= 0.6 is 0 Å². The SMILES string of the molecule is Nc1cc(-c2c(C(F)(C(F)F)C(F)(F)F)cc(C(F)(F)F)c(O)c2N)cc(C(F)(F)C(F)(F)F)c1O. The molecule has 0 aromatic heterocycles. The zero-order chi connectivity index (χ0) is 28.4. The quantitative estimate of drug-likeness (QED) is 0.196. The van der Waals surface area contributed by atoms with Crippen molar-refractivity contribution in [1.29, 1.82) is 0 Å². The van der Waals surface area contributed by atoms with Crippen LogP contribution < -0.4 is 11.5 Å². The molecule has 2 aromatic carbocycles. The average Bonchev–Trinajstić information content (AvgIpc) is 2.68. The first-order chi connectivity index (χ1) is 15.9. The smallest absolute Gasteiger partial charge is 0.458 e. The minimum Gasteiger partial charge on any atom is -0.505 e. The van der Waals surface area contributed by atoms with Crippen LogP contribution in [0.5, 0.6) is 11.5 Å². The Kier molecular flexibility index (Phi) is 6.71. The molecule has 4 nitrogen and oxygen atoms in total. The first-order valence-corrected chi connectivity index (χ1v) is 8.75. The zero-order valence-corrected chi connectivity index (χ0v) is 16.7. The fourth-order valence-electron chi connectivity index (χ4n) is 3.09.